The van der Waals surface area contributed by atoms with E-state index in [9.17, 15) is 9.59 Å². The third-order valence-corrected chi connectivity index (χ3v) is 2.15. The molecule has 1 atom stereocenters. The predicted octanol–water partition coefficient (Wildman–Crippen LogP) is 0.403. The van der Waals surface area contributed by atoms with E-state index in [4.69, 9.17) is 5.11 Å². The summed E-state index contributed by atoms with van der Waals surface area (Å²) < 4.78 is 1.49. The summed E-state index contributed by atoms with van der Waals surface area (Å²) in [7, 11) is 1.69. The first-order valence-corrected chi connectivity index (χ1v) is 5.07. The third kappa shape index (κ3) is 3.08. The fourth-order valence-electron chi connectivity index (χ4n) is 1.33. The number of aryl methyl sites for hydroxylation is 1. The lowest BCUT2D eigenvalue weighted by atomic mass is 10.1. The Labute approximate surface area is 93.3 Å². The molecular formula is C10H15N3O3. The highest BCUT2D eigenvalue weighted by molar-refractivity contribution is 5.96. The zero-order chi connectivity index (χ0) is 12.1. The summed E-state index contributed by atoms with van der Waals surface area (Å²) in [5.74, 6) is -1.42. The fourth-order valence-corrected chi connectivity index (χ4v) is 1.33. The summed E-state index contributed by atoms with van der Waals surface area (Å²) in [6, 6.07) is -0.835. The molecule has 2 N–H and O–H groups in total. The number of carbonyl (C=O) groups excluding carboxylic acids is 1. The number of rotatable bonds is 5. The Morgan fingerprint density at radius 1 is 1.62 bits per heavy atom. The number of aliphatic carboxylic acids is 1. The summed E-state index contributed by atoms with van der Waals surface area (Å²) >= 11 is 0. The Morgan fingerprint density at radius 2 is 2.31 bits per heavy atom. The Balaban J connectivity index is 2.65. The lowest BCUT2D eigenvalue weighted by Crippen LogP contribution is -2.40. The van der Waals surface area contributed by atoms with Gasteiger partial charge in [-0.3, -0.25) is 9.48 Å². The number of carboxylic acids is 1. The smallest absolute Gasteiger partial charge is 0.326 e. The van der Waals surface area contributed by atoms with Gasteiger partial charge in [-0.2, -0.15) is 5.10 Å². The predicted molar refractivity (Wildman–Crippen MR) is 57.0 cm³/mol. The number of amides is 1. The molecule has 0 aliphatic carbocycles. The van der Waals surface area contributed by atoms with Crippen LogP contribution in [0.25, 0.3) is 0 Å². The first-order chi connectivity index (χ1) is 7.54. The molecule has 1 aromatic heterocycles. The van der Waals surface area contributed by atoms with Crippen molar-refractivity contribution < 1.29 is 14.7 Å². The summed E-state index contributed by atoms with van der Waals surface area (Å²) in [6.45, 7) is 1.87. The minimum Gasteiger partial charge on any atom is -0.480 e. The summed E-state index contributed by atoms with van der Waals surface area (Å²) in [6.07, 6.45) is 4.06. The van der Waals surface area contributed by atoms with Gasteiger partial charge in [0.1, 0.15) is 6.04 Å². The number of carbonyl (C=O) groups is 2. The van der Waals surface area contributed by atoms with E-state index in [0.717, 1.165) is 0 Å². The topological polar surface area (TPSA) is 84.2 Å². The van der Waals surface area contributed by atoms with Crippen molar-refractivity contribution in [2.75, 3.05) is 0 Å². The largest absolute Gasteiger partial charge is 0.480 e. The summed E-state index contributed by atoms with van der Waals surface area (Å²) in [4.78, 5) is 22.4. The lowest BCUT2D eigenvalue weighted by molar-refractivity contribution is -0.139. The minimum atomic E-state index is -1.01. The average molecular weight is 225 g/mol. The standard InChI is InChI=1S/C10H15N3O3/c1-3-4-8(10(15)16)12-9(14)7-5-11-13(2)6-7/h5-6,8H,3-4H2,1-2H3,(H,12,14)(H,15,16)/t8-/m0/s1. The van der Waals surface area contributed by atoms with Gasteiger partial charge in [0.2, 0.25) is 0 Å². The normalized spacial score (nSPS) is 12.1. The molecule has 0 fully saturated rings. The number of nitrogens with zero attached hydrogens (tertiary/aromatic N) is 2. The quantitative estimate of drug-likeness (QED) is 0.759. The number of hydrogen-bond donors (Lipinski definition) is 2. The van der Waals surface area contributed by atoms with Gasteiger partial charge in [-0.05, 0) is 6.42 Å². The maximum Gasteiger partial charge on any atom is 0.326 e. The average Bonchev–Trinajstić information content (AvgIpc) is 2.64. The second kappa shape index (κ2) is 5.29. The van der Waals surface area contributed by atoms with Crippen molar-refractivity contribution in [2.45, 2.75) is 25.8 Å². The van der Waals surface area contributed by atoms with Crippen LogP contribution in [0.15, 0.2) is 12.4 Å². The minimum absolute atomic E-state index is 0.366. The molecule has 0 aliphatic rings. The zero-order valence-electron chi connectivity index (χ0n) is 9.30. The van der Waals surface area contributed by atoms with E-state index in [0.29, 0.717) is 18.4 Å². The second-order valence-corrected chi connectivity index (χ2v) is 3.56. The van der Waals surface area contributed by atoms with Crippen LogP contribution in [-0.2, 0) is 11.8 Å². The molecule has 1 rings (SSSR count). The highest BCUT2D eigenvalue weighted by atomic mass is 16.4. The monoisotopic (exact) mass is 225 g/mol. The van der Waals surface area contributed by atoms with Crippen LogP contribution in [0.1, 0.15) is 30.1 Å². The van der Waals surface area contributed by atoms with Gasteiger partial charge in [-0.25, -0.2) is 4.79 Å². The van der Waals surface area contributed by atoms with Gasteiger partial charge in [0.05, 0.1) is 11.8 Å². The number of carboxylic acid groups (broad SMARTS) is 1. The van der Waals surface area contributed by atoms with Gasteiger partial charge in [0, 0.05) is 13.2 Å². The molecule has 16 heavy (non-hydrogen) atoms. The molecule has 1 heterocycles. The Kier molecular flexibility index (Phi) is 4.04. The second-order valence-electron chi connectivity index (χ2n) is 3.56. The molecular weight excluding hydrogens is 210 g/mol. The molecule has 88 valence electrons. The Hall–Kier alpha value is -1.85. The van der Waals surface area contributed by atoms with Gasteiger partial charge in [0.15, 0.2) is 0 Å². The first-order valence-electron chi connectivity index (χ1n) is 5.07. The number of hydrogen-bond acceptors (Lipinski definition) is 3. The Bertz CT molecular complexity index is 386. The van der Waals surface area contributed by atoms with Gasteiger partial charge in [0.25, 0.3) is 5.91 Å². The van der Waals surface area contributed by atoms with Gasteiger partial charge in [-0.1, -0.05) is 13.3 Å². The number of aromatic nitrogens is 2. The van der Waals surface area contributed by atoms with Crippen molar-refractivity contribution in [3.05, 3.63) is 18.0 Å². The molecule has 0 unspecified atom stereocenters. The molecule has 0 saturated heterocycles. The van der Waals surface area contributed by atoms with Crippen LogP contribution >= 0.6 is 0 Å². The molecule has 1 amide bonds. The van der Waals surface area contributed by atoms with Crippen LogP contribution in [0.3, 0.4) is 0 Å². The van der Waals surface area contributed by atoms with Crippen LogP contribution in [-0.4, -0.2) is 32.8 Å². The van der Waals surface area contributed by atoms with E-state index in [1.54, 1.807) is 13.2 Å². The van der Waals surface area contributed by atoms with Gasteiger partial charge in [-0.15, -0.1) is 0 Å². The van der Waals surface area contributed by atoms with Crippen LogP contribution < -0.4 is 5.32 Å². The highest BCUT2D eigenvalue weighted by Crippen LogP contribution is 2.01. The maximum absolute atomic E-state index is 11.6. The van der Waals surface area contributed by atoms with Crippen molar-refractivity contribution in [3.8, 4) is 0 Å². The first kappa shape index (κ1) is 12.2. The fraction of sp³-hybridized carbons (Fsp3) is 0.500. The molecule has 0 aliphatic heterocycles. The van der Waals surface area contributed by atoms with E-state index in [-0.39, 0.29) is 0 Å². The van der Waals surface area contributed by atoms with E-state index in [2.05, 4.69) is 10.4 Å². The molecule has 6 nitrogen and oxygen atoms in total. The van der Waals surface area contributed by atoms with Gasteiger partial charge < -0.3 is 10.4 Å². The van der Waals surface area contributed by atoms with Gasteiger partial charge >= 0.3 is 5.97 Å². The van der Waals surface area contributed by atoms with E-state index in [1.165, 1.54) is 10.9 Å². The van der Waals surface area contributed by atoms with E-state index in [1.807, 2.05) is 6.92 Å². The molecule has 6 heteroatoms. The van der Waals surface area contributed by atoms with Crippen molar-refractivity contribution in [2.24, 2.45) is 7.05 Å². The molecule has 1 aromatic rings. The summed E-state index contributed by atoms with van der Waals surface area (Å²) in [5, 5.41) is 15.2. The highest BCUT2D eigenvalue weighted by Gasteiger charge is 2.19. The molecule has 0 bridgehead atoms. The van der Waals surface area contributed by atoms with Crippen LogP contribution in [0.4, 0.5) is 0 Å². The lowest BCUT2D eigenvalue weighted by Gasteiger charge is -2.12. The van der Waals surface area contributed by atoms with E-state index < -0.39 is 17.9 Å². The van der Waals surface area contributed by atoms with Crippen LogP contribution in [0.5, 0.6) is 0 Å². The van der Waals surface area contributed by atoms with Crippen molar-refractivity contribution >= 4 is 11.9 Å². The van der Waals surface area contributed by atoms with Crippen molar-refractivity contribution in [1.82, 2.24) is 15.1 Å². The van der Waals surface area contributed by atoms with Crippen LogP contribution in [0.2, 0.25) is 0 Å². The van der Waals surface area contributed by atoms with E-state index >= 15 is 0 Å². The molecule has 0 spiro atoms. The summed E-state index contributed by atoms with van der Waals surface area (Å²) in [5.41, 5.74) is 0.366. The molecule has 0 aromatic carbocycles. The van der Waals surface area contributed by atoms with Crippen LogP contribution in [0, 0.1) is 0 Å². The number of nitrogens with one attached hydrogen (secondary N) is 1. The van der Waals surface area contributed by atoms with Crippen molar-refractivity contribution in [3.63, 3.8) is 0 Å². The molecule has 0 saturated carbocycles. The third-order valence-electron chi connectivity index (χ3n) is 2.15. The maximum atomic E-state index is 11.6. The zero-order valence-corrected chi connectivity index (χ0v) is 9.30. The SMILES string of the molecule is CCC[C@H](NC(=O)c1cnn(C)c1)C(=O)O. The Morgan fingerprint density at radius 3 is 2.75 bits per heavy atom. The molecule has 0 radical (unpaired) electrons. The van der Waals surface area contributed by atoms with Crippen molar-refractivity contribution in [1.29, 1.82) is 0 Å².